The Morgan fingerprint density at radius 2 is 1.88 bits per heavy atom. The van der Waals surface area contributed by atoms with Gasteiger partial charge in [0.15, 0.2) is 0 Å². The average molecular weight is 258 g/mol. The van der Waals surface area contributed by atoms with Gasteiger partial charge in [-0.15, -0.1) is 0 Å². The third kappa shape index (κ3) is 4.97. The maximum atomic E-state index is 12.0. The number of nitrogens with two attached hydrogens (primary N) is 1. The summed E-state index contributed by atoms with van der Waals surface area (Å²) >= 11 is 4.87. The molecule has 1 aliphatic heterocycles. The molecule has 0 spiro atoms. The third-order valence-corrected chi connectivity index (χ3v) is 3.17. The molecule has 1 rings (SSSR count). The quantitative estimate of drug-likeness (QED) is 0.665. The van der Waals surface area contributed by atoms with E-state index in [0.717, 1.165) is 32.7 Å². The van der Waals surface area contributed by atoms with Crippen molar-refractivity contribution in [3.05, 3.63) is 0 Å². The van der Waals surface area contributed by atoms with Crippen molar-refractivity contribution in [2.24, 2.45) is 5.73 Å². The molecule has 2 N–H and O–H groups in total. The highest BCUT2D eigenvalue weighted by Crippen LogP contribution is 2.01. The molecule has 0 bridgehead atoms. The number of amides is 1. The van der Waals surface area contributed by atoms with Gasteiger partial charge in [-0.05, 0) is 13.6 Å². The van der Waals surface area contributed by atoms with Crippen LogP contribution in [0.2, 0.25) is 0 Å². The molecule has 1 aliphatic rings. The molecule has 0 aliphatic carbocycles. The highest BCUT2D eigenvalue weighted by molar-refractivity contribution is 7.80. The second-order valence-corrected chi connectivity index (χ2v) is 4.98. The molecule has 0 aromatic heterocycles. The largest absolute Gasteiger partial charge is 0.392 e. The maximum absolute atomic E-state index is 12.0. The Kier molecular flexibility index (Phi) is 5.80. The Balaban J connectivity index is 2.39. The molecule has 5 nitrogen and oxygen atoms in total. The van der Waals surface area contributed by atoms with Crippen LogP contribution in [0.25, 0.3) is 0 Å². The second-order valence-electron chi connectivity index (χ2n) is 4.45. The molecule has 0 aromatic carbocycles. The topological polar surface area (TPSA) is 52.8 Å². The van der Waals surface area contributed by atoms with Crippen LogP contribution < -0.4 is 5.73 Å². The van der Waals surface area contributed by atoms with Gasteiger partial charge in [-0.1, -0.05) is 19.1 Å². The van der Waals surface area contributed by atoms with Crippen molar-refractivity contribution in [3.63, 3.8) is 0 Å². The lowest BCUT2D eigenvalue weighted by atomic mass is 10.3. The minimum atomic E-state index is 0.177. The normalized spacial score (nSPS) is 17.5. The van der Waals surface area contributed by atoms with Crippen molar-refractivity contribution in [2.45, 2.75) is 6.92 Å². The van der Waals surface area contributed by atoms with Crippen molar-refractivity contribution in [2.75, 3.05) is 52.9 Å². The maximum Gasteiger partial charge on any atom is 0.236 e. The Hall–Kier alpha value is -0.720. The number of piperazine rings is 1. The number of thiocarbonyl (C=S) groups is 1. The predicted octanol–water partition coefficient (Wildman–Crippen LogP) is -0.632. The van der Waals surface area contributed by atoms with E-state index in [1.807, 2.05) is 16.7 Å². The molecule has 0 unspecified atom stereocenters. The molecule has 6 heteroatoms. The molecule has 0 aromatic rings. The van der Waals surface area contributed by atoms with E-state index in [1.54, 1.807) is 0 Å². The number of hydrogen-bond donors (Lipinski definition) is 1. The van der Waals surface area contributed by atoms with Gasteiger partial charge in [0.25, 0.3) is 0 Å². The van der Waals surface area contributed by atoms with Crippen LogP contribution in [0.3, 0.4) is 0 Å². The van der Waals surface area contributed by atoms with Gasteiger partial charge in [-0.3, -0.25) is 9.69 Å². The van der Waals surface area contributed by atoms with Crippen LogP contribution in [-0.4, -0.2) is 78.5 Å². The van der Waals surface area contributed by atoms with Gasteiger partial charge >= 0.3 is 0 Å². The Labute approximate surface area is 109 Å². The second kappa shape index (κ2) is 6.88. The van der Waals surface area contributed by atoms with Gasteiger partial charge in [-0.25, -0.2) is 0 Å². The minimum absolute atomic E-state index is 0.177. The first kappa shape index (κ1) is 14.3. The van der Waals surface area contributed by atoms with E-state index in [9.17, 15) is 4.79 Å². The number of carbonyl (C=O) groups excluding carboxylic acids is 1. The van der Waals surface area contributed by atoms with Crippen LogP contribution in [0.4, 0.5) is 0 Å². The highest BCUT2D eigenvalue weighted by atomic mass is 32.1. The predicted molar refractivity (Wildman–Crippen MR) is 73.0 cm³/mol. The Morgan fingerprint density at radius 1 is 1.29 bits per heavy atom. The summed E-state index contributed by atoms with van der Waals surface area (Å²) in [6.07, 6.45) is 0. The van der Waals surface area contributed by atoms with Crippen LogP contribution in [0.1, 0.15) is 6.92 Å². The Bertz CT molecular complexity index is 277. The average Bonchev–Trinajstić information content (AvgIpc) is 2.28. The van der Waals surface area contributed by atoms with Crippen molar-refractivity contribution in [1.29, 1.82) is 0 Å². The molecular weight excluding hydrogens is 236 g/mol. The van der Waals surface area contributed by atoms with E-state index in [2.05, 4.69) is 11.9 Å². The van der Waals surface area contributed by atoms with Crippen LogP contribution in [0, 0.1) is 0 Å². The standard InChI is InChI=1S/C11H22N4OS/c1-3-14(8-10(12)17)9-11(16)15-6-4-13(2)5-7-15/h3-9H2,1-2H3,(H2,12,17). The van der Waals surface area contributed by atoms with Crippen molar-refractivity contribution in [1.82, 2.24) is 14.7 Å². The SMILES string of the molecule is CCN(CC(=O)N1CCN(C)CC1)CC(N)=S. The fraction of sp³-hybridized carbons (Fsp3) is 0.818. The minimum Gasteiger partial charge on any atom is -0.392 e. The van der Waals surface area contributed by atoms with Gasteiger partial charge in [0.2, 0.25) is 5.91 Å². The van der Waals surface area contributed by atoms with E-state index in [0.29, 0.717) is 18.1 Å². The molecule has 1 saturated heterocycles. The molecule has 17 heavy (non-hydrogen) atoms. The molecule has 0 atom stereocenters. The van der Waals surface area contributed by atoms with E-state index >= 15 is 0 Å². The number of rotatable bonds is 5. The van der Waals surface area contributed by atoms with E-state index in [4.69, 9.17) is 18.0 Å². The molecule has 98 valence electrons. The summed E-state index contributed by atoms with van der Waals surface area (Å²) in [4.78, 5) is 18.6. The summed E-state index contributed by atoms with van der Waals surface area (Å²) in [6, 6.07) is 0. The smallest absolute Gasteiger partial charge is 0.236 e. The van der Waals surface area contributed by atoms with Crippen molar-refractivity contribution in [3.8, 4) is 0 Å². The number of carbonyl (C=O) groups is 1. The fourth-order valence-electron chi connectivity index (χ4n) is 1.85. The zero-order valence-electron chi connectivity index (χ0n) is 10.7. The lowest BCUT2D eigenvalue weighted by Gasteiger charge is -2.33. The first-order chi connectivity index (χ1) is 8.02. The zero-order valence-corrected chi connectivity index (χ0v) is 11.5. The monoisotopic (exact) mass is 258 g/mol. The highest BCUT2D eigenvalue weighted by Gasteiger charge is 2.20. The van der Waals surface area contributed by atoms with Crippen molar-refractivity contribution >= 4 is 23.1 Å². The van der Waals surface area contributed by atoms with Crippen LogP contribution in [0.15, 0.2) is 0 Å². The lowest BCUT2D eigenvalue weighted by Crippen LogP contribution is -2.50. The molecule has 0 saturated carbocycles. The van der Waals surface area contributed by atoms with Crippen LogP contribution >= 0.6 is 12.2 Å². The van der Waals surface area contributed by atoms with Gasteiger partial charge in [-0.2, -0.15) is 0 Å². The third-order valence-electron chi connectivity index (χ3n) is 3.04. The molecule has 1 fully saturated rings. The fourth-order valence-corrected chi connectivity index (χ4v) is 2.03. The number of nitrogens with zero attached hydrogens (tertiary/aromatic N) is 3. The molecule has 1 amide bonds. The number of hydrogen-bond acceptors (Lipinski definition) is 4. The first-order valence-corrected chi connectivity index (χ1v) is 6.40. The summed E-state index contributed by atoms with van der Waals surface area (Å²) < 4.78 is 0. The van der Waals surface area contributed by atoms with Crippen molar-refractivity contribution < 1.29 is 4.79 Å². The first-order valence-electron chi connectivity index (χ1n) is 6.00. The summed E-state index contributed by atoms with van der Waals surface area (Å²) in [5.41, 5.74) is 5.50. The summed E-state index contributed by atoms with van der Waals surface area (Å²) in [5.74, 6) is 0.177. The van der Waals surface area contributed by atoms with Crippen LogP contribution in [0.5, 0.6) is 0 Å². The lowest BCUT2D eigenvalue weighted by molar-refractivity contribution is -0.133. The van der Waals surface area contributed by atoms with E-state index < -0.39 is 0 Å². The van der Waals surface area contributed by atoms with Gasteiger partial charge in [0.1, 0.15) is 0 Å². The summed E-state index contributed by atoms with van der Waals surface area (Å²) in [6.45, 7) is 7.27. The molecular formula is C11H22N4OS. The number of likely N-dealkylation sites (N-methyl/N-ethyl adjacent to an activating group) is 2. The van der Waals surface area contributed by atoms with Crippen LogP contribution in [-0.2, 0) is 4.79 Å². The van der Waals surface area contributed by atoms with E-state index in [-0.39, 0.29) is 5.91 Å². The summed E-state index contributed by atoms with van der Waals surface area (Å²) in [7, 11) is 2.08. The zero-order chi connectivity index (χ0) is 12.8. The van der Waals surface area contributed by atoms with Gasteiger partial charge in [0, 0.05) is 32.7 Å². The Morgan fingerprint density at radius 3 is 2.35 bits per heavy atom. The molecule has 0 radical (unpaired) electrons. The van der Waals surface area contributed by atoms with Gasteiger partial charge in [0.05, 0.1) is 11.5 Å². The summed E-state index contributed by atoms with van der Waals surface area (Å²) in [5, 5.41) is 0. The van der Waals surface area contributed by atoms with Gasteiger partial charge < -0.3 is 15.5 Å². The molecule has 1 heterocycles. The van der Waals surface area contributed by atoms with E-state index in [1.165, 1.54) is 0 Å².